The second-order valence-electron chi connectivity index (χ2n) is 13.2. The summed E-state index contributed by atoms with van der Waals surface area (Å²) < 4.78 is 5.56. The molecule has 1 N–H and O–H groups in total. The van der Waals surface area contributed by atoms with Gasteiger partial charge < -0.3 is 9.84 Å². The minimum atomic E-state index is -0.261. The molecule has 0 saturated heterocycles. The third-order valence-corrected chi connectivity index (χ3v) is 11.7. The molecular weight excluding hydrogens is 444 g/mol. The Balaban J connectivity index is 1.26. The summed E-state index contributed by atoms with van der Waals surface area (Å²) in [5.74, 6) is 3.28. The van der Waals surface area contributed by atoms with E-state index in [0.717, 1.165) is 12.0 Å². The molecule has 0 radical (unpaired) electrons. The monoisotopic (exact) mass is 492 g/mol. The highest BCUT2D eigenvalue weighted by atomic mass is 16.5. The third kappa shape index (κ3) is 4.38. The topological polar surface area (TPSA) is 46.5 Å². The van der Waals surface area contributed by atoms with Crippen molar-refractivity contribution in [3.05, 3.63) is 47.5 Å². The Morgan fingerprint density at radius 2 is 1.81 bits per heavy atom. The van der Waals surface area contributed by atoms with Crippen LogP contribution in [0.2, 0.25) is 0 Å². The molecule has 5 unspecified atom stereocenters. The quantitative estimate of drug-likeness (QED) is 0.326. The number of hydrogen-bond donors (Lipinski definition) is 1. The molecule has 1 aromatic rings. The van der Waals surface area contributed by atoms with Gasteiger partial charge in [0, 0.05) is 6.42 Å². The van der Waals surface area contributed by atoms with Gasteiger partial charge in [-0.15, -0.1) is 0 Å². The lowest BCUT2D eigenvalue weighted by Crippen LogP contribution is -2.58. The van der Waals surface area contributed by atoms with E-state index in [1.165, 1.54) is 56.9 Å². The van der Waals surface area contributed by atoms with E-state index < -0.39 is 0 Å². The van der Waals surface area contributed by atoms with Crippen molar-refractivity contribution >= 4 is 5.97 Å². The average Bonchev–Trinajstić information content (AvgIpc) is 3.24. The van der Waals surface area contributed by atoms with Crippen LogP contribution in [0.15, 0.2) is 42.0 Å². The fourth-order valence-corrected chi connectivity index (χ4v) is 9.89. The van der Waals surface area contributed by atoms with E-state index >= 15 is 0 Å². The molecule has 4 aliphatic rings. The van der Waals surface area contributed by atoms with Crippen LogP contribution in [0.4, 0.5) is 0 Å². The Morgan fingerprint density at radius 3 is 2.56 bits per heavy atom. The van der Waals surface area contributed by atoms with E-state index in [1.807, 2.05) is 30.3 Å². The van der Waals surface area contributed by atoms with Crippen LogP contribution in [-0.4, -0.2) is 17.2 Å². The van der Waals surface area contributed by atoms with Crippen LogP contribution in [0, 0.1) is 46.3 Å². The van der Waals surface area contributed by atoms with E-state index in [0.29, 0.717) is 54.0 Å². The number of allylic oxidation sites excluding steroid dienone is 1. The highest BCUT2D eigenvalue weighted by Gasteiger charge is 2.63. The number of carbonyl (C=O) groups is 1. The molecule has 198 valence electrons. The van der Waals surface area contributed by atoms with Crippen molar-refractivity contribution in [2.45, 2.75) is 105 Å². The van der Waals surface area contributed by atoms with Crippen LogP contribution in [0.3, 0.4) is 0 Å². The average molecular weight is 493 g/mol. The molecule has 4 fully saturated rings. The van der Waals surface area contributed by atoms with Gasteiger partial charge in [-0.1, -0.05) is 70.0 Å². The predicted molar refractivity (Wildman–Crippen MR) is 145 cm³/mol. The zero-order valence-electron chi connectivity index (χ0n) is 23.0. The Kier molecular flexibility index (Phi) is 7.42. The molecule has 0 bridgehead atoms. The molecule has 0 amide bonds. The lowest BCUT2D eigenvalue weighted by Gasteiger charge is -2.63. The van der Waals surface area contributed by atoms with Crippen molar-refractivity contribution < 1.29 is 14.6 Å². The van der Waals surface area contributed by atoms with Crippen LogP contribution in [0.5, 0.6) is 0 Å². The highest BCUT2D eigenvalue weighted by Crippen LogP contribution is 2.69. The molecule has 1 aromatic carbocycles. The van der Waals surface area contributed by atoms with Crippen LogP contribution < -0.4 is 0 Å². The Hall–Kier alpha value is -1.61. The van der Waals surface area contributed by atoms with Gasteiger partial charge in [-0.05, 0) is 109 Å². The first-order chi connectivity index (χ1) is 17.3. The van der Waals surface area contributed by atoms with E-state index in [-0.39, 0.29) is 17.5 Å². The first kappa shape index (κ1) is 26.0. The lowest BCUT2D eigenvalue weighted by molar-refractivity contribution is -0.146. The summed E-state index contributed by atoms with van der Waals surface area (Å²) in [4.78, 5) is 12.5. The van der Waals surface area contributed by atoms with Gasteiger partial charge >= 0.3 is 5.97 Å². The number of benzene rings is 1. The van der Waals surface area contributed by atoms with Gasteiger partial charge in [-0.2, -0.15) is 0 Å². The number of carbonyl (C=O) groups excluding carboxylic acids is 1. The van der Waals surface area contributed by atoms with Gasteiger partial charge in [-0.25, -0.2) is 0 Å². The fraction of sp³-hybridized carbons (Fsp3) is 0.727. The number of hydrogen-bond acceptors (Lipinski definition) is 3. The molecule has 0 aromatic heterocycles. The Morgan fingerprint density at radius 1 is 1.06 bits per heavy atom. The molecule has 0 heterocycles. The van der Waals surface area contributed by atoms with Crippen LogP contribution >= 0.6 is 0 Å². The van der Waals surface area contributed by atoms with E-state index in [4.69, 9.17) is 4.74 Å². The fourth-order valence-electron chi connectivity index (χ4n) is 9.89. The van der Waals surface area contributed by atoms with Crippen molar-refractivity contribution in [3.63, 3.8) is 0 Å². The predicted octanol–water partition coefficient (Wildman–Crippen LogP) is 7.72. The minimum absolute atomic E-state index is 0.0780. The van der Waals surface area contributed by atoms with Crippen molar-refractivity contribution in [3.8, 4) is 0 Å². The van der Waals surface area contributed by atoms with Gasteiger partial charge in [-0.3, -0.25) is 4.79 Å². The molecule has 3 heteroatoms. The first-order valence-electron chi connectivity index (χ1n) is 14.8. The van der Waals surface area contributed by atoms with E-state index in [1.54, 1.807) is 0 Å². The Bertz CT molecular complexity index is 953. The summed E-state index contributed by atoms with van der Waals surface area (Å²) in [5.41, 5.74) is 3.03. The van der Waals surface area contributed by atoms with Crippen LogP contribution in [0.1, 0.15) is 97.5 Å². The van der Waals surface area contributed by atoms with Crippen molar-refractivity contribution in [2.24, 2.45) is 46.3 Å². The van der Waals surface area contributed by atoms with Gasteiger partial charge in [0.25, 0.3) is 0 Å². The maximum atomic E-state index is 12.5. The zero-order valence-corrected chi connectivity index (χ0v) is 23.0. The van der Waals surface area contributed by atoms with Gasteiger partial charge in [0.05, 0.1) is 6.10 Å². The van der Waals surface area contributed by atoms with Crippen molar-refractivity contribution in [2.75, 3.05) is 0 Å². The maximum absolute atomic E-state index is 12.5. The lowest BCUT2D eigenvalue weighted by atomic mass is 9.43. The third-order valence-electron chi connectivity index (χ3n) is 11.7. The summed E-state index contributed by atoms with van der Waals surface area (Å²) in [6, 6.07) is 9.94. The first-order valence-corrected chi connectivity index (χ1v) is 14.8. The number of esters is 1. The number of rotatable bonds is 6. The molecule has 3 nitrogen and oxygen atoms in total. The molecule has 4 aliphatic carbocycles. The number of ether oxygens (including phenoxy) is 1. The number of fused-ring (bicyclic) bond motifs is 5. The molecule has 36 heavy (non-hydrogen) atoms. The molecule has 0 aliphatic heterocycles. The Labute approximate surface area is 219 Å². The second kappa shape index (κ2) is 10.3. The van der Waals surface area contributed by atoms with Gasteiger partial charge in [0.1, 0.15) is 6.61 Å². The van der Waals surface area contributed by atoms with E-state index in [2.05, 4.69) is 33.8 Å². The maximum Gasteiger partial charge on any atom is 0.306 e. The zero-order chi connectivity index (χ0) is 25.5. The van der Waals surface area contributed by atoms with Crippen LogP contribution in [-0.2, 0) is 16.1 Å². The SMILES string of the molecule is C/C=C1\C2CCCC[C@]2(C)C2CC[C@@]3(C)C(CCC3[C@H](C)CCC(=O)OCc3ccccc3)C2[C@@H]1O. The molecule has 5 rings (SSSR count). The van der Waals surface area contributed by atoms with Crippen LogP contribution in [0.25, 0.3) is 0 Å². The van der Waals surface area contributed by atoms with Crippen molar-refractivity contribution in [1.29, 1.82) is 0 Å². The van der Waals surface area contributed by atoms with Gasteiger partial charge in [0.2, 0.25) is 0 Å². The highest BCUT2D eigenvalue weighted by molar-refractivity contribution is 5.69. The normalized spacial score (nSPS) is 41.8. The molecular formula is C33H48O3. The summed E-state index contributed by atoms with van der Waals surface area (Å²) >= 11 is 0. The summed E-state index contributed by atoms with van der Waals surface area (Å²) in [6.07, 6.45) is 13.7. The standard InChI is InChI=1S/C33H48O3/c1-5-24-26-13-9-10-19-32(26,3)28-18-20-33(4)25(15-16-27(33)30(28)31(24)35)22(2)14-17-29(34)36-21-23-11-7-6-8-12-23/h5-8,11-12,22,25-28,30-31,35H,9-10,13-21H2,1-4H3/b24-5+/t22-,25?,26?,27?,28?,30?,31-,32+,33-/m1/s1. The molecule has 0 spiro atoms. The molecule has 9 atom stereocenters. The smallest absolute Gasteiger partial charge is 0.306 e. The molecule has 4 saturated carbocycles. The number of aliphatic hydroxyl groups excluding tert-OH is 1. The summed E-state index contributed by atoms with van der Waals surface area (Å²) in [6.45, 7) is 10.00. The second-order valence-corrected chi connectivity index (χ2v) is 13.2. The minimum Gasteiger partial charge on any atom is -0.461 e. The largest absolute Gasteiger partial charge is 0.461 e. The summed E-state index contributed by atoms with van der Waals surface area (Å²) in [7, 11) is 0. The van der Waals surface area contributed by atoms with E-state index in [9.17, 15) is 9.90 Å². The van der Waals surface area contributed by atoms with Gasteiger partial charge in [0.15, 0.2) is 0 Å². The summed E-state index contributed by atoms with van der Waals surface area (Å²) in [5, 5.41) is 11.8. The van der Waals surface area contributed by atoms with Crippen molar-refractivity contribution in [1.82, 2.24) is 0 Å². The number of aliphatic hydroxyl groups is 1.